The van der Waals surface area contributed by atoms with Crippen LogP contribution in [0.2, 0.25) is 0 Å². The molecule has 0 aliphatic heterocycles. The minimum absolute atomic E-state index is 0.0692. The molecule has 4 aromatic carbocycles. The molecule has 0 bridgehead atoms. The Morgan fingerprint density at radius 2 is 1.08 bits per heavy atom. The highest BCUT2D eigenvalue weighted by Crippen LogP contribution is 2.20. The van der Waals surface area contributed by atoms with Crippen LogP contribution in [0.15, 0.2) is 108 Å². The molecule has 0 amide bonds. The molecule has 5 nitrogen and oxygen atoms in total. The van der Waals surface area contributed by atoms with Crippen molar-refractivity contribution in [3.05, 3.63) is 125 Å². The summed E-state index contributed by atoms with van der Waals surface area (Å²) < 4.78 is 31.5. The van der Waals surface area contributed by atoms with Gasteiger partial charge in [0.1, 0.15) is 0 Å². The van der Waals surface area contributed by atoms with Crippen molar-refractivity contribution in [2.45, 2.75) is 45.7 Å². The summed E-state index contributed by atoms with van der Waals surface area (Å²) in [5.74, 6) is 0. The van der Waals surface area contributed by atoms with E-state index in [0.717, 1.165) is 30.9 Å². The molecule has 0 aromatic heterocycles. The van der Waals surface area contributed by atoms with Gasteiger partial charge in [0.25, 0.3) is 10.1 Å². The van der Waals surface area contributed by atoms with Crippen LogP contribution in [0, 0.1) is 13.8 Å². The molecule has 4 aromatic rings. The van der Waals surface area contributed by atoms with E-state index in [4.69, 9.17) is 4.55 Å². The average Bonchev–Trinajstić information content (AvgIpc) is 2.91. The molecule has 0 unspecified atom stereocenters. The van der Waals surface area contributed by atoms with Gasteiger partial charge in [-0.05, 0) is 86.3 Å². The van der Waals surface area contributed by atoms with Gasteiger partial charge in [0.2, 0.25) is 0 Å². The van der Waals surface area contributed by atoms with Crippen LogP contribution in [0.3, 0.4) is 0 Å². The van der Waals surface area contributed by atoms with Gasteiger partial charge in [0.05, 0.1) is 4.90 Å². The number of anilines is 2. The van der Waals surface area contributed by atoms with Crippen molar-refractivity contribution in [1.82, 2.24) is 0 Å². The molecule has 0 heterocycles. The zero-order valence-corrected chi connectivity index (χ0v) is 23.5. The van der Waals surface area contributed by atoms with Crippen LogP contribution < -0.4 is 9.80 Å². The molecule has 0 aliphatic rings. The third kappa shape index (κ3) is 8.75. The van der Waals surface area contributed by atoms with Crippen LogP contribution in [-0.2, 0) is 23.2 Å². The van der Waals surface area contributed by atoms with Crippen molar-refractivity contribution >= 4 is 21.5 Å². The van der Waals surface area contributed by atoms with Gasteiger partial charge in [0.15, 0.2) is 0 Å². The Balaban J connectivity index is 0.000000215. The predicted octanol–water partition coefficient (Wildman–Crippen LogP) is 7.29. The van der Waals surface area contributed by atoms with E-state index in [0.29, 0.717) is 6.54 Å². The van der Waals surface area contributed by atoms with Gasteiger partial charge < -0.3 is 9.80 Å². The zero-order chi connectivity index (χ0) is 27.5. The topological polar surface area (TPSA) is 60.9 Å². The molecule has 200 valence electrons. The van der Waals surface area contributed by atoms with Crippen molar-refractivity contribution < 1.29 is 13.0 Å². The standard InChI is InChI=1S/C16H19NO3S.C16H19N/c1-3-17(15-8-4-6-13(2)10-15)12-14-7-5-9-16(11-14)21(18,19)20;1-3-17(13-15-9-5-4-6-10-15)16-11-7-8-14(2)12-16/h4-11H,3,12H2,1-2H3,(H,18,19,20);4-12H,3,13H2,1-2H3. The Labute approximate surface area is 228 Å². The maximum Gasteiger partial charge on any atom is 0.294 e. The van der Waals surface area contributed by atoms with Crippen LogP contribution in [0.1, 0.15) is 36.1 Å². The highest BCUT2D eigenvalue weighted by Gasteiger charge is 2.11. The maximum atomic E-state index is 11.2. The van der Waals surface area contributed by atoms with Gasteiger partial charge in [-0.2, -0.15) is 8.42 Å². The number of nitrogens with zero attached hydrogens (tertiary/aromatic N) is 2. The molecule has 0 fully saturated rings. The number of benzene rings is 4. The molecular weight excluding hydrogens is 492 g/mol. The van der Waals surface area contributed by atoms with Crippen molar-refractivity contribution in [3.8, 4) is 0 Å². The lowest BCUT2D eigenvalue weighted by Crippen LogP contribution is -2.22. The monoisotopic (exact) mass is 530 g/mol. The summed E-state index contributed by atoms with van der Waals surface area (Å²) in [6.45, 7) is 11.8. The molecule has 6 heteroatoms. The zero-order valence-electron chi connectivity index (χ0n) is 22.7. The summed E-state index contributed by atoms with van der Waals surface area (Å²) in [5.41, 5.74) is 7.09. The Bertz CT molecular complexity index is 1410. The average molecular weight is 531 g/mol. The number of aryl methyl sites for hydroxylation is 2. The largest absolute Gasteiger partial charge is 0.367 e. The molecule has 38 heavy (non-hydrogen) atoms. The normalized spacial score (nSPS) is 10.9. The Hall–Kier alpha value is -3.61. The van der Waals surface area contributed by atoms with Gasteiger partial charge in [-0.3, -0.25) is 4.55 Å². The smallest absolute Gasteiger partial charge is 0.294 e. The van der Waals surface area contributed by atoms with Crippen molar-refractivity contribution in [2.24, 2.45) is 0 Å². The highest BCUT2D eigenvalue weighted by atomic mass is 32.2. The second-order valence-electron chi connectivity index (χ2n) is 9.31. The van der Waals surface area contributed by atoms with Crippen molar-refractivity contribution in [2.75, 3.05) is 22.9 Å². The molecule has 1 N–H and O–H groups in total. The lowest BCUT2D eigenvalue weighted by atomic mass is 10.1. The Morgan fingerprint density at radius 3 is 1.55 bits per heavy atom. The first-order chi connectivity index (χ1) is 18.2. The summed E-state index contributed by atoms with van der Waals surface area (Å²) in [4.78, 5) is 4.47. The molecule has 0 saturated heterocycles. The third-order valence-corrected chi connectivity index (χ3v) is 7.13. The second-order valence-corrected chi connectivity index (χ2v) is 10.7. The molecule has 0 radical (unpaired) electrons. The van der Waals surface area contributed by atoms with E-state index in [2.05, 4.69) is 91.2 Å². The van der Waals surface area contributed by atoms with Crippen molar-refractivity contribution in [1.29, 1.82) is 0 Å². The van der Waals surface area contributed by atoms with Crippen LogP contribution in [0.4, 0.5) is 11.4 Å². The summed E-state index contributed by atoms with van der Waals surface area (Å²) >= 11 is 0. The molecule has 0 spiro atoms. The Kier molecular flexibility index (Phi) is 10.5. The molecule has 0 aliphatic carbocycles. The minimum Gasteiger partial charge on any atom is -0.367 e. The first-order valence-corrected chi connectivity index (χ1v) is 14.4. The summed E-state index contributed by atoms with van der Waals surface area (Å²) in [6.07, 6.45) is 0. The fraction of sp³-hybridized carbons (Fsp3) is 0.250. The van der Waals surface area contributed by atoms with Crippen LogP contribution in [0.25, 0.3) is 0 Å². The van der Waals surface area contributed by atoms with Gasteiger partial charge in [-0.15, -0.1) is 0 Å². The summed E-state index contributed by atoms with van der Waals surface area (Å²) in [6, 6.07) is 33.9. The van der Waals surface area contributed by atoms with Crippen LogP contribution in [-0.4, -0.2) is 26.1 Å². The number of hydrogen-bond acceptors (Lipinski definition) is 4. The van der Waals surface area contributed by atoms with Gasteiger partial charge in [0, 0.05) is 37.6 Å². The van der Waals surface area contributed by atoms with Gasteiger partial charge in [-0.25, -0.2) is 0 Å². The molecule has 0 saturated carbocycles. The third-order valence-electron chi connectivity index (χ3n) is 6.28. The SMILES string of the molecule is CCN(Cc1cccc(S(=O)(=O)O)c1)c1cccc(C)c1.CCN(Cc1ccccc1)c1cccc(C)c1. The van der Waals surface area contributed by atoms with E-state index >= 15 is 0 Å². The van der Waals surface area contributed by atoms with Gasteiger partial charge >= 0.3 is 0 Å². The highest BCUT2D eigenvalue weighted by molar-refractivity contribution is 7.85. The maximum absolute atomic E-state index is 11.2. The predicted molar refractivity (Wildman–Crippen MR) is 159 cm³/mol. The first kappa shape index (κ1) is 29.0. The van der Waals surface area contributed by atoms with Crippen molar-refractivity contribution in [3.63, 3.8) is 0 Å². The molecular formula is C32H38N2O3S. The fourth-order valence-corrected chi connectivity index (χ4v) is 4.80. The van der Waals surface area contributed by atoms with Crippen LogP contribution >= 0.6 is 0 Å². The van der Waals surface area contributed by atoms with Crippen LogP contribution in [0.5, 0.6) is 0 Å². The molecule has 4 rings (SSSR count). The summed E-state index contributed by atoms with van der Waals surface area (Å²) in [5, 5.41) is 0. The lowest BCUT2D eigenvalue weighted by molar-refractivity contribution is 0.483. The molecule has 0 atom stereocenters. The fourth-order valence-electron chi connectivity index (χ4n) is 4.25. The number of hydrogen-bond donors (Lipinski definition) is 1. The van der Waals surface area contributed by atoms with Gasteiger partial charge in [-0.1, -0.05) is 66.7 Å². The van der Waals surface area contributed by atoms with E-state index in [-0.39, 0.29) is 4.90 Å². The lowest BCUT2D eigenvalue weighted by Gasteiger charge is -2.23. The van der Waals surface area contributed by atoms with E-state index in [9.17, 15) is 8.42 Å². The van der Waals surface area contributed by atoms with E-state index < -0.39 is 10.1 Å². The Morgan fingerprint density at radius 1 is 0.605 bits per heavy atom. The summed E-state index contributed by atoms with van der Waals surface area (Å²) in [7, 11) is -4.16. The van der Waals surface area contributed by atoms with E-state index in [1.807, 2.05) is 31.2 Å². The second kappa shape index (κ2) is 13.8. The quantitative estimate of drug-likeness (QED) is 0.230. The minimum atomic E-state index is -4.16. The number of rotatable bonds is 9. The van der Waals surface area contributed by atoms with E-state index in [1.165, 1.54) is 34.5 Å². The van der Waals surface area contributed by atoms with E-state index in [1.54, 1.807) is 6.07 Å². The first-order valence-electron chi connectivity index (χ1n) is 12.9.